The van der Waals surface area contributed by atoms with Crippen molar-refractivity contribution in [1.82, 2.24) is 15.1 Å². The summed E-state index contributed by atoms with van der Waals surface area (Å²) in [4.78, 5) is 27.6. The second-order valence-corrected chi connectivity index (χ2v) is 6.72. The molecule has 1 saturated heterocycles. The van der Waals surface area contributed by atoms with Crippen LogP contribution >= 0.6 is 0 Å². The fourth-order valence-corrected chi connectivity index (χ4v) is 2.83. The fourth-order valence-electron chi connectivity index (χ4n) is 2.83. The Balaban J connectivity index is 1.92. The largest absolute Gasteiger partial charge is 0.326 e. The molecule has 0 aliphatic carbocycles. The Hall–Kier alpha value is -1.88. The molecule has 1 atom stereocenters. The maximum atomic E-state index is 12.3. The van der Waals surface area contributed by atoms with E-state index in [2.05, 4.69) is 36.5 Å². The van der Waals surface area contributed by atoms with E-state index in [0.29, 0.717) is 25.6 Å². The van der Waals surface area contributed by atoms with Gasteiger partial charge in [-0.15, -0.1) is 0 Å². The van der Waals surface area contributed by atoms with Crippen LogP contribution in [0.15, 0.2) is 24.3 Å². The number of carbonyl (C=O) groups is 2. The van der Waals surface area contributed by atoms with Gasteiger partial charge in [0.25, 0.3) is 5.91 Å². The Bertz CT molecular complexity index is 554. The SMILES string of the molecule is CCc1ccc(CN(C)CN2C(=O)N[C@H](CC(C)C)C2=O)cc1. The van der Waals surface area contributed by atoms with Crippen LogP contribution in [-0.2, 0) is 17.8 Å². The Morgan fingerprint density at radius 3 is 2.35 bits per heavy atom. The van der Waals surface area contributed by atoms with Crippen LogP contribution < -0.4 is 5.32 Å². The van der Waals surface area contributed by atoms with Crippen molar-refractivity contribution in [2.75, 3.05) is 13.7 Å². The normalized spacial score (nSPS) is 18.2. The molecule has 0 spiro atoms. The molecule has 1 N–H and O–H groups in total. The highest BCUT2D eigenvalue weighted by atomic mass is 16.2. The zero-order valence-electron chi connectivity index (χ0n) is 14.5. The third-order valence-corrected chi connectivity index (χ3v) is 4.08. The van der Waals surface area contributed by atoms with E-state index in [1.165, 1.54) is 16.0 Å². The van der Waals surface area contributed by atoms with Crippen LogP contribution in [-0.4, -0.2) is 41.5 Å². The highest BCUT2D eigenvalue weighted by Gasteiger charge is 2.38. The second-order valence-electron chi connectivity index (χ2n) is 6.72. The van der Waals surface area contributed by atoms with Crippen molar-refractivity contribution in [2.24, 2.45) is 5.92 Å². The molecule has 126 valence electrons. The van der Waals surface area contributed by atoms with Crippen LogP contribution in [0, 0.1) is 5.92 Å². The lowest BCUT2D eigenvalue weighted by Gasteiger charge is -2.22. The van der Waals surface area contributed by atoms with Crippen LogP contribution in [0.5, 0.6) is 0 Å². The summed E-state index contributed by atoms with van der Waals surface area (Å²) in [5, 5.41) is 2.78. The molecule has 0 bridgehead atoms. The van der Waals surface area contributed by atoms with Gasteiger partial charge in [-0.1, -0.05) is 45.0 Å². The van der Waals surface area contributed by atoms with E-state index in [4.69, 9.17) is 0 Å². The lowest BCUT2D eigenvalue weighted by molar-refractivity contribution is -0.129. The number of amides is 3. The van der Waals surface area contributed by atoms with Crippen molar-refractivity contribution in [2.45, 2.75) is 46.2 Å². The van der Waals surface area contributed by atoms with Gasteiger partial charge in [-0.3, -0.25) is 9.69 Å². The van der Waals surface area contributed by atoms with Gasteiger partial charge in [-0.05, 0) is 36.9 Å². The summed E-state index contributed by atoms with van der Waals surface area (Å²) in [6.45, 7) is 7.25. The molecule has 5 nitrogen and oxygen atoms in total. The van der Waals surface area contributed by atoms with E-state index < -0.39 is 0 Å². The minimum Gasteiger partial charge on any atom is -0.326 e. The van der Waals surface area contributed by atoms with Gasteiger partial charge in [0.05, 0.1) is 6.67 Å². The maximum Gasteiger partial charge on any atom is 0.325 e. The summed E-state index contributed by atoms with van der Waals surface area (Å²) in [6.07, 6.45) is 1.71. The first-order valence-corrected chi connectivity index (χ1v) is 8.29. The van der Waals surface area contributed by atoms with Gasteiger partial charge >= 0.3 is 6.03 Å². The third kappa shape index (κ3) is 4.55. The predicted molar refractivity (Wildman–Crippen MR) is 90.8 cm³/mol. The highest BCUT2D eigenvalue weighted by molar-refractivity contribution is 6.04. The van der Waals surface area contributed by atoms with Gasteiger partial charge < -0.3 is 5.32 Å². The van der Waals surface area contributed by atoms with Crippen LogP contribution in [0.2, 0.25) is 0 Å². The molecule has 1 aromatic rings. The lowest BCUT2D eigenvalue weighted by Crippen LogP contribution is -2.40. The van der Waals surface area contributed by atoms with Crippen molar-refractivity contribution in [3.05, 3.63) is 35.4 Å². The minimum atomic E-state index is -0.375. The van der Waals surface area contributed by atoms with Crippen molar-refractivity contribution in [3.8, 4) is 0 Å². The summed E-state index contributed by atoms with van der Waals surface area (Å²) in [5.74, 6) is 0.260. The van der Waals surface area contributed by atoms with Crippen LogP contribution in [0.3, 0.4) is 0 Å². The Kier molecular flexibility index (Phi) is 5.77. The van der Waals surface area contributed by atoms with E-state index in [0.717, 1.165) is 6.42 Å². The van der Waals surface area contributed by atoms with Gasteiger partial charge in [-0.2, -0.15) is 0 Å². The van der Waals surface area contributed by atoms with Crippen molar-refractivity contribution in [3.63, 3.8) is 0 Å². The summed E-state index contributed by atoms with van der Waals surface area (Å²) < 4.78 is 0. The van der Waals surface area contributed by atoms with Gasteiger partial charge in [0.15, 0.2) is 0 Å². The molecule has 0 radical (unpaired) electrons. The molecule has 1 heterocycles. The Morgan fingerprint density at radius 1 is 1.17 bits per heavy atom. The number of nitrogens with zero attached hydrogens (tertiary/aromatic N) is 2. The number of nitrogens with one attached hydrogen (secondary N) is 1. The average Bonchev–Trinajstić information content (AvgIpc) is 2.75. The minimum absolute atomic E-state index is 0.114. The molecule has 3 amide bonds. The molecule has 5 heteroatoms. The number of hydrogen-bond donors (Lipinski definition) is 1. The standard InChI is InChI=1S/C18H27N3O2/c1-5-14-6-8-15(9-7-14)11-20(4)12-21-17(22)16(10-13(2)3)19-18(21)23/h6-9,13,16H,5,10-12H2,1-4H3,(H,19,23)/t16-/m1/s1. The first-order valence-electron chi connectivity index (χ1n) is 8.29. The van der Waals surface area contributed by atoms with E-state index in [9.17, 15) is 9.59 Å². The highest BCUT2D eigenvalue weighted by Crippen LogP contribution is 2.15. The summed E-state index contributed by atoms with van der Waals surface area (Å²) >= 11 is 0. The van der Waals surface area contributed by atoms with E-state index in [-0.39, 0.29) is 18.0 Å². The number of carbonyl (C=O) groups excluding carboxylic acids is 2. The first-order chi connectivity index (χ1) is 10.9. The Labute approximate surface area is 138 Å². The number of rotatable bonds is 7. The third-order valence-electron chi connectivity index (χ3n) is 4.08. The van der Waals surface area contributed by atoms with E-state index >= 15 is 0 Å². The number of benzene rings is 1. The second kappa shape index (κ2) is 7.59. The molecule has 0 unspecified atom stereocenters. The average molecular weight is 317 g/mol. The summed E-state index contributed by atoms with van der Waals surface area (Å²) in [7, 11) is 1.92. The van der Waals surface area contributed by atoms with Crippen molar-refractivity contribution < 1.29 is 9.59 Å². The maximum absolute atomic E-state index is 12.3. The topological polar surface area (TPSA) is 52.6 Å². The fraction of sp³-hybridized carbons (Fsp3) is 0.556. The van der Waals surface area contributed by atoms with E-state index in [1.54, 1.807) is 0 Å². The number of hydrogen-bond acceptors (Lipinski definition) is 3. The van der Waals surface area contributed by atoms with Crippen LogP contribution in [0.25, 0.3) is 0 Å². The summed E-state index contributed by atoms with van der Waals surface area (Å²) in [6, 6.07) is 7.78. The molecule has 2 rings (SSSR count). The van der Waals surface area contributed by atoms with Crippen LogP contribution in [0.1, 0.15) is 38.3 Å². The molecule has 1 aliphatic heterocycles. The molecule has 23 heavy (non-hydrogen) atoms. The van der Waals surface area contributed by atoms with Gasteiger partial charge in [0, 0.05) is 6.54 Å². The predicted octanol–water partition coefficient (Wildman–Crippen LogP) is 2.60. The quantitative estimate of drug-likeness (QED) is 0.787. The van der Waals surface area contributed by atoms with E-state index in [1.807, 2.05) is 25.8 Å². The molecular weight excluding hydrogens is 290 g/mol. The molecule has 1 aliphatic rings. The first kappa shape index (κ1) is 17.5. The monoisotopic (exact) mass is 317 g/mol. The lowest BCUT2D eigenvalue weighted by atomic mass is 10.0. The zero-order chi connectivity index (χ0) is 17.0. The zero-order valence-corrected chi connectivity index (χ0v) is 14.5. The number of aryl methyl sites for hydroxylation is 1. The molecular formula is C18H27N3O2. The van der Waals surface area contributed by atoms with Crippen molar-refractivity contribution >= 4 is 11.9 Å². The summed E-state index contributed by atoms with van der Waals surface area (Å²) in [5.41, 5.74) is 2.48. The van der Waals surface area contributed by atoms with Crippen LogP contribution in [0.4, 0.5) is 4.79 Å². The molecule has 0 saturated carbocycles. The molecule has 0 aromatic heterocycles. The molecule has 1 fully saturated rings. The Morgan fingerprint density at radius 2 is 1.78 bits per heavy atom. The van der Waals surface area contributed by atoms with Gasteiger partial charge in [0.1, 0.15) is 6.04 Å². The van der Waals surface area contributed by atoms with Gasteiger partial charge in [-0.25, -0.2) is 9.69 Å². The molecule has 1 aromatic carbocycles. The van der Waals surface area contributed by atoms with Gasteiger partial charge in [0.2, 0.25) is 0 Å². The number of urea groups is 1. The smallest absolute Gasteiger partial charge is 0.325 e. The van der Waals surface area contributed by atoms with Crippen molar-refractivity contribution in [1.29, 1.82) is 0 Å². The number of imide groups is 1.